The molecule has 4 heteroatoms. The van der Waals surface area contributed by atoms with E-state index in [0.29, 0.717) is 19.7 Å². The van der Waals surface area contributed by atoms with E-state index in [1.54, 1.807) is 0 Å². The smallest absolute Gasteiger partial charge is 0.224 e. The topological polar surface area (TPSA) is 64.3 Å². The van der Waals surface area contributed by atoms with E-state index in [2.05, 4.69) is 5.32 Å². The van der Waals surface area contributed by atoms with Gasteiger partial charge in [-0.1, -0.05) is 18.2 Å². The van der Waals surface area contributed by atoms with Crippen molar-refractivity contribution in [2.45, 2.75) is 13.8 Å². The van der Waals surface area contributed by atoms with Crippen LogP contribution in [-0.2, 0) is 4.79 Å². The van der Waals surface area contributed by atoms with Crippen molar-refractivity contribution in [3.05, 3.63) is 30.3 Å². The molecule has 0 saturated heterocycles. The molecular weight excluding hydrogens is 216 g/mol. The molecule has 1 aromatic rings. The Morgan fingerprint density at radius 3 is 2.59 bits per heavy atom. The summed E-state index contributed by atoms with van der Waals surface area (Å²) in [4.78, 5) is 11.1. The summed E-state index contributed by atoms with van der Waals surface area (Å²) in [5, 5.41) is 3.15. The maximum Gasteiger partial charge on any atom is 0.224 e. The molecule has 17 heavy (non-hydrogen) atoms. The van der Waals surface area contributed by atoms with Gasteiger partial charge in [-0.25, -0.2) is 0 Å². The fourth-order valence-corrected chi connectivity index (χ4v) is 1.25. The van der Waals surface area contributed by atoms with Gasteiger partial charge in [-0.3, -0.25) is 4.79 Å². The summed E-state index contributed by atoms with van der Waals surface area (Å²) in [7, 11) is 0. The largest absolute Gasteiger partial charge is 0.492 e. The summed E-state index contributed by atoms with van der Waals surface area (Å²) in [6, 6.07) is 9.62. The van der Waals surface area contributed by atoms with E-state index in [1.165, 1.54) is 0 Å². The van der Waals surface area contributed by atoms with Crippen molar-refractivity contribution in [3.63, 3.8) is 0 Å². The van der Waals surface area contributed by atoms with Gasteiger partial charge in [-0.05, 0) is 26.0 Å². The number of primary amides is 1. The summed E-state index contributed by atoms with van der Waals surface area (Å²) in [6.07, 6.45) is 0. The number of amides is 1. The molecule has 0 heterocycles. The van der Waals surface area contributed by atoms with Gasteiger partial charge in [0, 0.05) is 13.1 Å². The van der Waals surface area contributed by atoms with Gasteiger partial charge in [0.25, 0.3) is 0 Å². The highest BCUT2D eigenvalue weighted by Crippen LogP contribution is 2.11. The first-order valence-corrected chi connectivity index (χ1v) is 5.71. The molecule has 94 valence electrons. The van der Waals surface area contributed by atoms with Crippen LogP contribution in [0.2, 0.25) is 0 Å². The third-order valence-corrected chi connectivity index (χ3v) is 2.52. The molecule has 0 unspecified atom stereocenters. The van der Waals surface area contributed by atoms with Crippen LogP contribution in [0.5, 0.6) is 5.75 Å². The van der Waals surface area contributed by atoms with Crippen molar-refractivity contribution in [1.29, 1.82) is 0 Å². The molecule has 4 nitrogen and oxygen atoms in total. The summed E-state index contributed by atoms with van der Waals surface area (Å²) in [5.41, 5.74) is 4.74. The predicted molar refractivity (Wildman–Crippen MR) is 67.8 cm³/mol. The lowest BCUT2D eigenvalue weighted by Gasteiger charge is -2.20. The van der Waals surface area contributed by atoms with E-state index in [9.17, 15) is 4.79 Å². The Balaban J connectivity index is 2.15. The zero-order valence-corrected chi connectivity index (χ0v) is 10.4. The molecule has 1 rings (SSSR count). The SMILES string of the molecule is CC(C)(CNCCOc1ccccc1)C(N)=O. The number of benzene rings is 1. The average Bonchev–Trinajstić information content (AvgIpc) is 2.29. The van der Waals surface area contributed by atoms with Crippen molar-refractivity contribution in [1.82, 2.24) is 5.32 Å². The monoisotopic (exact) mass is 236 g/mol. The predicted octanol–water partition coefficient (Wildman–Crippen LogP) is 1.17. The first-order valence-electron chi connectivity index (χ1n) is 5.71. The second kappa shape index (κ2) is 6.25. The Labute approximate surface area is 102 Å². The van der Waals surface area contributed by atoms with Gasteiger partial charge >= 0.3 is 0 Å². The minimum absolute atomic E-state index is 0.297. The average molecular weight is 236 g/mol. The van der Waals surface area contributed by atoms with Crippen LogP contribution >= 0.6 is 0 Å². The van der Waals surface area contributed by atoms with E-state index in [-0.39, 0.29) is 5.91 Å². The van der Waals surface area contributed by atoms with Crippen molar-refractivity contribution in [2.75, 3.05) is 19.7 Å². The molecular formula is C13H20N2O2. The van der Waals surface area contributed by atoms with Crippen molar-refractivity contribution < 1.29 is 9.53 Å². The summed E-state index contributed by atoms with van der Waals surface area (Å²) in [5.74, 6) is 0.553. The molecule has 0 aliphatic rings. The summed E-state index contributed by atoms with van der Waals surface area (Å²) in [6.45, 7) is 5.45. The van der Waals surface area contributed by atoms with Gasteiger partial charge < -0.3 is 15.8 Å². The number of rotatable bonds is 7. The van der Waals surface area contributed by atoms with E-state index < -0.39 is 5.41 Å². The van der Waals surface area contributed by atoms with Crippen LogP contribution in [0.1, 0.15) is 13.8 Å². The Kier molecular flexibility index (Phi) is 4.97. The molecule has 0 radical (unpaired) electrons. The molecule has 0 aliphatic carbocycles. The zero-order chi connectivity index (χ0) is 12.7. The fourth-order valence-electron chi connectivity index (χ4n) is 1.25. The van der Waals surface area contributed by atoms with Crippen molar-refractivity contribution in [2.24, 2.45) is 11.1 Å². The van der Waals surface area contributed by atoms with Gasteiger partial charge in [0.1, 0.15) is 12.4 Å². The van der Waals surface area contributed by atoms with Crippen molar-refractivity contribution in [3.8, 4) is 5.75 Å². The normalized spacial score (nSPS) is 11.2. The summed E-state index contributed by atoms with van der Waals surface area (Å²) < 4.78 is 5.50. The Morgan fingerprint density at radius 1 is 1.35 bits per heavy atom. The lowest BCUT2D eigenvalue weighted by Crippen LogP contribution is -2.41. The number of carbonyl (C=O) groups excluding carboxylic acids is 1. The van der Waals surface area contributed by atoms with E-state index in [0.717, 1.165) is 5.75 Å². The molecule has 1 amide bonds. The van der Waals surface area contributed by atoms with E-state index in [4.69, 9.17) is 10.5 Å². The molecule has 3 N–H and O–H groups in total. The highest BCUT2D eigenvalue weighted by atomic mass is 16.5. The minimum Gasteiger partial charge on any atom is -0.492 e. The molecule has 0 aromatic heterocycles. The van der Waals surface area contributed by atoms with E-state index in [1.807, 2.05) is 44.2 Å². The highest BCUT2D eigenvalue weighted by Gasteiger charge is 2.23. The van der Waals surface area contributed by atoms with Crippen LogP contribution < -0.4 is 15.8 Å². The second-order valence-corrected chi connectivity index (χ2v) is 4.59. The fraction of sp³-hybridized carbons (Fsp3) is 0.462. The zero-order valence-electron chi connectivity index (χ0n) is 10.4. The van der Waals surface area contributed by atoms with Crippen LogP contribution in [0.25, 0.3) is 0 Å². The van der Waals surface area contributed by atoms with Crippen LogP contribution in [0.15, 0.2) is 30.3 Å². The maximum absolute atomic E-state index is 11.1. The number of hydrogen-bond donors (Lipinski definition) is 2. The molecule has 0 atom stereocenters. The van der Waals surface area contributed by atoms with Crippen molar-refractivity contribution >= 4 is 5.91 Å². The molecule has 0 saturated carbocycles. The minimum atomic E-state index is -0.521. The van der Waals surface area contributed by atoms with Gasteiger partial charge in [0.15, 0.2) is 0 Å². The molecule has 0 aliphatic heterocycles. The molecule has 0 bridgehead atoms. The number of nitrogens with two attached hydrogens (primary N) is 1. The Bertz CT molecular complexity index is 350. The Morgan fingerprint density at radius 2 is 2.00 bits per heavy atom. The Hall–Kier alpha value is -1.55. The van der Waals surface area contributed by atoms with Crippen LogP contribution in [-0.4, -0.2) is 25.6 Å². The first-order chi connectivity index (χ1) is 8.02. The second-order valence-electron chi connectivity index (χ2n) is 4.59. The standard InChI is InChI=1S/C13H20N2O2/c1-13(2,12(14)16)10-15-8-9-17-11-6-4-3-5-7-11/h3-7,15H,8-10H2,1-2H3,(H2,14,16). The lowest BCUT2D eigenvalue weighted by molar-refractivity contribution is -0.125. The number of nitrogens with one attached hydrogen (secondary N) is 1. The lowest BCUT2D eigenvalue weighted by atomic mass is 9.93. The number of ether oxygens (including phenoxy) is 1. The van der Waals surface area contributed by atoms with Crippen LogP contribution in [0.3, 0.4) is 0 Å². The van der Waals surface area contributed by atoms with Crippen LogP contribution in [0, 0.1) is 5.41 Å². The van der Waals surface area contributed by atoms with E-state index >= 15 is 0 Å². The maximum atomic E-state index is 11.1. The number of hydrogen-bond acceptors (Lipinski definition) is 3. The molecule has 0 fully saturated rings. The third kappa shape index (κ3) is 4.87. The molecule has 0 spiro atoms. The van der Waals surface area contributed by atoms with Gasteiger partial charge in [0.05, 0.1) is 5.41 Å². The number of para-hydroxylation sites is 1. The highest BCUT2D eigenvalue weighted by molar-refractivity contribution is 5.80. The molecule has 1 aromatic carbocycles. The third-order valence-electron chi connectivity index (χ3n) is 2.52. The van der Waals surface area contributed by atoms with Gasteiger partial charge in [-0.15, -0.1) is 0 Å². The first kappa shape index (κ1) is 13.5. The van der Waals surface area contributed by atoms with Gasteiger partial charge in [0.2, 0.25) is 5.91 Å². The van der Waals surface area contributed by atoms with Gasteiger partial charge in [-0.2, -0.15) is 0 Å². The number of carbonyl (C=O) groups is 1. The summed E-state index contributed by atoms with van der Waals surface area (Å²) >= 11 is 0. The quantitative estimate of drug-likeness (QED) is 0.698. The van der Waals surface area contributed by atoms with Crippen LogP contribution in [0.4, 0.5) is 0 Å².